The Morgan fingerprint density at radius 1 is 1.00 bits per heavy atom. The fraction of sp³-hybridized carbons (Fsp3) is 0.222. The number of hydrogen-bond acceptors (Lipinski definition) is 4. The van der Waals surface area contributed by atoms with E-state index in [0.29, 0.717) is 13.2 Å². The first kappa shape index (κ1) is 15.4. The quantitative estimate of drug-likeness (QED) is 0.728. The van der Waals surface area contributed by atoms with Crippen molar-refractivity contribution in [2.45, 2.75) is 19.3 Å². The molecule has 0 saturated heterocycles. The summed E-state index contributed by atoms with van der Waals surface area (Å²) < 4.78 is 7.46. The largest absolute Gasteiger partial charge is 0.389 e. The van der Waals surface area contributed by atoms with Crippen molar-refractivity contribution < 1.29 is 9.84 Å². The van der Waals surface area contributed by atoms with E-state index in [1.165, 1.54) is 0 Å². The van der Waals surface area contributed by atoms with Gasteiger partial charge in [0.2, 0.25) is 0 Å². The Morgan fingerprint density at radius 3 is 2.61 bits per heavy atom. The number of aromatic nitrogens is 3. The van der Waals surface area contributed by atoms with Gasteiger partial charge in [-0.1, -0.05) is 36.4 Å². The summed E-state index contributed by atoms with van der Waals surface area (Å²) in [6.07, 6.45) is 4.68. The number of benzene rings is 1. The van der Waals surface area contributed by atoms with Crippen molar-refractivity contribution in [2.24, 2.45) is 0 Å². The number of imidazole rings is 1. The highest BCUT2D eigenvalue weighted by Crippen LogP contribution is 2.14. The summed E-state index contributed by atoms with van der Waals surface area (Å²) in [4.78, 5) is 8.61. The molecule has 5 nitrogen and oxygen atoms in total. The van der Waals surface area contributed by atoms with Crippen LogP contribution in [0.25, 0.3) is 11.5 Å². The van der Waals surface area contributed by atoms with E-state index >= 15 is 0 Å². The predicted octanol–water partition coefficient (Wildman–Crippen LogP) is 2.52. The van der Waals surface area contributed by atoms with Gasteiger partial charge >= 0.3 is 0 Å². The molecule has 2 heterocycles. The SMILES string of the molecule is OC(COCc1ccccc1)Cn1ccnc1-c1ccccn1. The summed E-state index contributed by atoms with van der Waals surface area (Å²) in [6.45, 7) is 1.18. The predicted molar refractivity (Wildman–Crippen MR) is 87.6 cm³/mol. The molecule has 118 valence electrons. The van der Waals surface area contributed by atoms with E-state index in [1.807, 2.05) is 59.3 Å². The van der Waals surface area contributed by atoms with Gasteiger partial charge in [-0.25, -0.2) is 4.98 Å². The number of aliphatic hydroxyl groups excluding tert-OH is 1. The van der Waals surface area contributed by atoms with Crippen LogP contribution in [0.15, 0.2) is 67.1 Å². The summed E-state index contributed by atoms with van der Waals surface area (Å²) in [5, 5.41) is 10.2. The topological polar surface area (TPSA) is 60.2 Å². The van der Waals surface area contributed by atoms with Gasteiger partial charge < -0.3 is 14.4 Å². The second kappa shape index (κ2) is 7.67. The Labute approximate surface area is 135 Å². The molecule has 0 saturated carbocycles. The zero-order valence-electron chi connectivity index (χ0n) is 12.7. The van der Waals surface area contributed by atoms with Crippen molar-refractivity contribution in [1.82, 2.24) is 14.5 Å². The molecule has 5 heteroatoms. The molecule has 1 unspecified atom stereocenters. The number of rotatable bonds is 7. The molecular formula is C18H19N3O2. The van der Waals surface area contributed by atoms with E-state index in [4.69, 9.17) is 4.74 Å². The molecule has 0 spiro atoms. The maximum atomic E-state index is 10.2. The second-order valence-electron chi connectivity index (χ2n) is 5.27. The zero-order chi connectivity index (χ0) is 15.9. The highest BCUT2D eigenvalue weighted by molar-refractivity contribution is 5.48. The molecule has 23 heavy (non-hydrogen) atoms. The summed E-state index contributed by atoms with van der Waals surface area (Å²) in [6, 6.07) is 15.6. The van der Waals surface area contributed by atoms with Crippen LogP contribution in [0.3, 0.4) is 0 Å². The van der Waals surface area contributed by atoms with Gasteiger partial charge in [-0.2, -0.15) is 0 Å². The lowest BCUT2D eigenvalue weighted by atomic mass is 10.2. The van der Waals surface area contributed by atoms with Crippen LogP contribution in [0.2, 0.25) is 0 Å². The van der Waals surface area contributed by atoms with Gasteiger partial charge in [0, 0.05) is 18.6 Å². The lowest BCUT2D eigenvalue weighted by Gasteiger charge is -2.14. The highest BCUT2D eigenvalue weighted by Gasteiger charge is 2.11. The zero-order valence-corrected chi connectivity index (χ0v) is 12.7. The number of ether oxygens (including phenoxy) is 1. The average Bonchev–Trinajstić information content (AvgIpc) is 3.05. The molecule has 2 aromatic heterocycles. The van der Waals surface area contributed by atoms with Crippen LogP contribution in [0.5, 0.6) is 0 Å². The van der Waals surface area contributed by atoms with Crippen LogP contribution in [0.1, 0.15) is 5.56 Å². The van der Waals surface area contributed by atoms with Gasteiger partial charge in [0.25, 0.3) is 0 Å². The first-order chi connectivity index (χ1) is 11.3. The fourth-order valence-corrected chi connectivity index (χ4v) is 2.35. The molecule has 0 amide bonds. The fourth-order valence-electron chi connectivity index (χ4n) is 2.35. The third-order valence-electron chi connectivity index (χ3n) is 3.44. The van der Waals surface area contributed by atoms with Gasteiger partial charge in [-0.3, -0.25) is 4.98 Å². The standard InChI is InChI=1S/C18H19N3O2/c22-16(14-23-13-15-6-2-1-3-7-15)12-21-11-10-20-18(21)17-8-4-5-9-19-17/h1-11,16,22H,12-14H2. The average molecular weight is 309 g/mol. The van der Waals surface area contributed by atoms with Gasteiger partial charge in [0.1, 0.15) is 5.69 Å². The van der Waals surface area contributed by atoms with E-state index in [0.717, 1.165) is 17.1 Å². The normalized spacial score (nSPS) is 12.2. The van der Waals surface area contributed by atoms with E-state index in [9.17, 15) is 5.11 Å². The minimum atomic E-state index is -0.602. The van der Waals surface area contributed by atoms with Gasteiger partial charge in [-0.05, 0) is 17.7 Å². The minimum absolute atomic E-state index is 0.273. The van der Waals surface area contributed by atoms with Crippen LogP contribution in [-0.4, -0.2) is 32.4 Å². The third-order valence-corrected chi connectivity index (χ3v) is 3.44. The third kappa shape index (κ3) is 4.25. The van der Waals surface area contributed by atoms with Crippen molar-refractivity contribution in [2.75, 3.05) is 6.61 Å². The lowest BCUT2D eigenvalue weighted by molar-refractivity contribution is 0.0205. The van der Waals surface area contributed by atoms with Crippen LogP contribution in [0.4, 0.5) is 0 Å². The number of nitrogens with zero attached hydrogens (tertiary/aromatic N) is 3. The highest BCUT2D eigenvalue weighted by atomic mass is 16.5. The molecule has 0 bridgehead atoms. The van der Waals surface area contributed by atoms with Crippen LogP contribution in [0, 0.1) is 0 Å². The van der Waals surface area contributed by atoms with E-state index in [2.05, 4.69) is 9.97 Å². The van der Waals surface area contributed by atoms with Crippen molar-refractivity contribution in [1.29, 1.82) is 0 Å². The Balaban J connectivity index is 1.54. The van der Waals surface area contributed by atoms with Crippen molar-refractivity contribution in [3.05, 3.63) is 72.7 Å². The van der Waals surface area contributed by atoms with E-state index in [1.54, 1.807) is 12.4 Å². The second-order valence-corrected chi connectivity index (χ2v) is 5.27. The molecule has 0 aliphatic heterocycles. The molecule has 1 N–H and O–H groups in total. The van der Waals surface area contributed by atoms with Crippen LogP contribution >= 0.6 is 0 Å². The Kier molecular flexibility index (Phi) is 5.13. The maximum absolute atomic E-state index is 10.2. The Bertz CT molecular complexity index is 713. The minimum Gasteiger partial charge on any atom is -0.389 e. The molecule has 1 aromatic carbocycles. The van der Waals surface area contributed by atoms with Crippen molar-refractivity contribution in [3.8, 4) is 11.5 Å². The summed E-state index contributed by atoms with van der Waals surface area (Å²) in [5.41, 5.74) is 1.88. The first-order valence-electron chi connectivity index (χ1n) is 7.55. The van der Waals surface area contributed by atoms with Crippen molar-refractivity contribution in [3.63, 3.8) is 0 Å². The van der Waals surface area contributed by atoms with Crippen LogP contribution < -0.4 is 0 Å². The molecule has 0 fully saturated rings. The smallest absolute Gasteiger partial charge is 0.158 e. The molecule has 0 radical (unpaired) electrons. The van der Waals surface area contributed by atoms with Gasteiger partial charge in [-0.15, -0.1) is 0 Å². The van der Waals surface area contributed by atoms with Crippen LogP contribution in [-0.2, 0) is 17.9 Å². The molecule has 0 aliphatic rings. The molecule has 3 rings (SSSR count). The molecular weight excluding hydrogens is 290 g/mol. The Hall–Kier alpha value is -2.50. The molecule has 3 aromatic rings. The number of pyridine rings is 1. The lowest BCUT2D eigenvalue weighted by Crippen LogP contribution is -2.22. The first-order valence-corrected chi connectivity index (χ1v) is 7.55. The number of hydrogen-bond donors (Lipinski definition) is 1. The Morgan fingerprint density at radius 2 is 1.83 bits per heavy atom. The monoisotopic (exact) mass is 309 g/mol. The van der Waals surface area contributed by atoms with E-state index < -0.39 is 6.10 Å². The maximum Gasteiger partial charge on any atom is 0.158 e. The van der Waals surface area contributed by atoms with Gasteiger partial charge in [0.15, 0.2) is 5.82 Å². The number of aliphatic hydroxyl groups is 1. The molecule has 0 aliphatic carbocycles. The van der Waals surface area contributed by atoms with Crippen molar-refractivity contribution >= 4 is 0 Å². The van der Waals surface area contributed by atoms with E-state index in [-0.39, 0.29) is 6.61 Å². The summed E-state index contributed by atoms with van der Waals surface area (Å²) >= 11 is 0. The van der Waals surface area contributed by atoms with Gasteiger partial charge in [0.05, 0.1) is 25.9 Å². The summed E-state index contributed by atoms with van der Waals surface area (Å²) in [5.74, 6) is 0.743. The summed E-state index contributed by atoms with van der Waals surface area (Å²) in [7, 11) is 0. The molecule has 1 atom stereocenters.